The van der Waals surface area contributed by atoms with Crippen LogP contribution in [-0.2, 0) is 0 Å². The van der Waals surface area contributed by atoms with Crippen molar-refractivity contribution in [3.8, 4) is 0 Å². The van der Waals surface area contributed by atoms with E-state index in [9.17, 15) is 5.11 Å². The first-order chi connectivity index (χ1) is 6.92. The largest absolute Gasteiger partial charge is 0.391 e. The third-order valence-electron chi connectivity index (χ3n) is 4.51. The summed E-state index contributed by atoms with van der Waals surface area (Å²) >= 11 is 0. The maximum Gasteiger partial charge on any atom is 0.0746 e. The highest BCUT2D eigenvalue weighted by Gasteiger charge is 2.46. The van der Waals surface area contributed by atoms with E-state index >= 15 is 0 Å². The molecule has 1 aliphatic heterocycles. The van der Waals surface area contributed by atoms with Crippen LogP contribution in [0.3, 0.4) is 0 Å². The molecule has 1 N–H and O–H groups in total. The van der Waals surface area contributed by atoms with E-state index in [0.717, 1.165) is 12.3 Å². The smallest absolute Gasteiger partial charge is 0.0746 e. The molecule has 1 heterocycles. The molecular formula is C13H25NO. The van der Waals surface area contributed by atoms with Crippen LogP contribution < -0.4 is 0 Å². The first-order valence-corrected chi connectivity index (χ1v) is 6.35. The van der Waals surface area contributed by atoms with Crippen LogP contribution >= 0.6 is 0 Å². The number of rotatable bonds is 1. The van der Waals surface area contributed by atoms with Gasteiger partial charge in [-0.2, -0.15) is 0 Å². The van der Waals surface area contributed by atoms with Crippen LogP contribution in [0.1, 0.15) is 47.0 Å². The van der Waals surface area contributed by atoms with Crippen molar-refractivity contribution in [2.75, 3.05) is 6.54 Å². The van der Waals surface area contributed by atoms with Crippen molar-refractivity contribution in [2.24, 2.45) is 11.3 Å². The van der Waals surface area contributed by atoms with Crippen LogP contribution in [0.25, 0.3) is 0 Å². The fourth-order valence-electron chi connectivity index (χ4n) is 3.49. The Balaban J connectivity index is 2.06. The highest BCUT2D eigenvalue weighted by atomic mass is 16.3. The highest BCUT2D eigenvalue weighted by Crippen LogP contribution is 2.42. The van der Waals surface area contributed by atoms with Gasteiger partial charge in [0.15, 0.2) is 0 Å². The van der Waals surface area contributed by atoms with E-state index in [2.05, 4.69) is 32.6 Å². The van der Waals surface area contributed by atoms with Crippen LogP contribution in [0.2, 0.25) is 0 Å². The monoisotopic (exact) mass is 211 g/mol. The molecule has 0 aromatic carbocycles. The summed E-state index contributed by atoms with van der Waals surface area (Å²) in [4.78, 5) is 2.55. The Morgan fingerprint density at radius 1 is 1.27 bits per heavy atom. The van der Waals surface area contributed by atoms with Gasteiger partial charge in [0.05, 0.1) is 6.10 Å². The van der Waals surface area contributed by atoms with Crippen LogP contribution in [-0.4, -0.2) is 34.7 Å². The summed E-state index contributed by atoms with van der Waals surface area (Å²) in [5.41, 5.74) is 0.121. The fourth-order valence-corrected chi connectivity index (χ4v) is 3.49. The van der Waals surface area contributed by atoms with Crippen molar-refractivity contribution in [1.29, 1.82) is 0 Å². The minimum atomic E-state index is -0.134. The molecule has 1 aliphatic carbocycles. The predicted octanol–water partition coefficient (Wildman–Crippen LogP) is 2.27. The molecule has 0 radical (unpaired) electrons. The number of hydrogen-bond acceptors (Lipinski definition) is 2. The number of hydrogen-bond donors (Lipinski definition) is 1. The van der Waals surface area contributed by atoms with Gasteiger partial charge < -0.3 is 5.11 Å². The van der Waals surface area contributed by atoms with E-state index in [4.69, 9.17) is 0 Å². The lowest BCUT2D eigenvalue weighted by molar-refractivity contribution is 0.0115. The van der Waals surface area contributed by atoms with E-state index < -0.39 is 0 Å². The molecule has 0 spiro atoms. The SMILES string of the molecule is CC1CC(C)N(C2CCC(C)(C)C2O)C1. The maximum atomic E-state index is 10.3. The molecule has 2 rings (SSSR count). The Labute approximate surface area is 93.7 Å². The summed E-state index contributed by atoms with van der Waals surface area (Å²) in [6.07, 6.45) is 3.50. The third kappa shape index (κ3) is 1.94. The van der Waals surface area contributed by atoms with E-state index in [1.165, 1.54) is 19.4 Å². The van der Waals surface area contributed by atoms with Gasteiger partial charge in [0, 0.05) is 18.6 Å². The second kappa shape index (κ2) is 3.74. The molecule has 1 saturated carbocycles. The summed E-state index contributed by atoms with van der Waals surface area (Å²) in [5, 5.41) is 10.3. The number of nitrogens with zero attached hydrogens (tertiary/aromatic N) is 1. The van der Waals surface area contributed by atoms with Crippen molar-refractivity contribution in [2.45, 2.75) is 65.1 Å². The minimum Gasteiger partial charge on any atom is -0.391 e. The van der Waals surface area contributed by atoms with Gasteiger partial charge >= 0.3 is 0 Å². The van der Waals surface area contributed by atoms with Gasteiger partial charge in [-0.3, -0.25) is 4.90 Å². The maximum absolute atomic E-state index is 10.3. The van der Waals surface area contributed by atoms with Crippen molar-refractivity contribution in [1.82, 2.24) is 4.90 Å². The average Bonchev–Trinajstić information content (AvgIpc) is 2.56. The molecule has 0 bridgehead atoms. The van der Waals surface area contributed by atoms with Crippen LogP contribution in [0.5, 0.6) is 0 Å². The van der Waals surface area contributed by atoms with Gasteiger partial charge in [-0.05, 0) is 37.5 Å². The van der Waals surface area contributed by atoms with Gasteiger partial charge in [-0.1, -0.05) is 20.8 Å². The van der Waals surface area contributed by atoms with Gasteiger partial charge in [-0.25, -0.2) is 0 Å². The zero-order valence-corrected chi connectivity index (χ0v) is 10.5. The van der Waals surface area contributed by atoms with Crippen LogP contribution in [0.4, 0.5) is 0 Å². The summed E-state index contributed by atoms with van der Waals surface area (Å²) in [6.45, 7) is 10.2. The molecule has 0 aromatic rings. The number of aliphatic hydroxyl groups is 1. The van der Waals surface area contributed by atoms with Crippen molar-refractivity contribution < 1.29 is 5.11 Å². The minimum absolute atomic E-state index is 0.121. The normalized spacial score (nSPS) is 46.2. The molecule has 4 atom stereocenters. The Morgan fingerprint density at radius 2 is 1.93 bits per heavy atom. The molecule has 2 nitrogen and oxygen atoms in total. The summed E-state index contributed by atoms with van der Waals surface area (Å²) in [5.74, 6) is 0.802. The Morgan fingerprint density at radius 3 is 2.33 bits per heavy atom. The van der Waals surface area contributed by atoms with Gasteiger partial charge in [-0.15, -0.1) is 0 Å². The standard InChI is InChI=1S/C13H25NO/c1-9-7-10(2)14(8-9)11-5-6-13(3,4)12(11)15/h9-12,15H,5-8H2,1-4H3. The lowest BCUT2D eigenvalue weighted by atomic mass is 9.88. The van der Waals surface area contributed by atoms with Gasteiger partial charge in [0.1, 0.15) is 0 Å². The molecule has 2 aliphatic rings. The first-order valence-electron chi connectivity index (χ1n) is 6.35. The molecule has 2 fully saturated rings. The predicted molar refractivity (Wildman–Crippen MR) is 62.8 cm³/mol. The molecule has 0 amide bonds. The second-order valence-corrected chi connectivity index (χ2v) is 6.43. The third-order valence-corrected chi connectivity index (χ3v) is 4.51. The lowest BCUT2D eigenvalue weighted by Gasteiger charge is -2.34. The highest BCUT2D eigenvalue weighted by molar-refractivity contribution is 4.99. The molecule has 2 heteroatoms. The number of aliphatic hydroxyl groups excluding tert-OH is 1. The molecule has 1 saturated heterocycles. The Bertz CT molecular complexity index is 239. The Kier molecular flexibility index (Phi) is 2.85. The molecular weight excluding hydrogens is 186 g/mol. The summed E-state index contributed by atoms with van der Waals surface area (Å²) in [7, 11) is 0. The first kappa shape index (κ1) is 11.4. The summed E-state index contributed by atoms with van der Waals surface area (Å²) in [6, 6.07) is 1.08. The van der Waals surface area contributed by atoms with E-state index in [0.29, 0.717) is 12.1 Å². The summed E-state index contributed by atoms with van der Waals surface area (Å²) < 4.78 is 0. The Hall–Kier alpha value is -0.0800. The van der Waals surface area contributed by atoms with Crippen LogP contribution in [0.15, 0.2) is 0 Å². The van der Waals surface area contributed by atoms with Crippen LogP contribution in [0, 0.1) is 11.3 Å². The zero-order valence-electron chi connectivity index (χ0n) is 10.5. The van der Waals surface area contributed by atoms with E-state index in [1.54, 1.807) is 0 Å². The van der Waals surface area contributed by atoms with Crippen molar-refractivity contribution >= 4 is 0 Å². The molecule has 15 heavy (non-hydrogen) atoms. The zero-order chi connectivity index (χ0) is 11.2. The fraction of sp³-hybridized carbons (Fsp3) is 1.00. The quantitative estimate of drug-likeness (QED) is 0.719. The van der Waals surface area contributed by atoms with Crippen molar-refractivity contribution in [3.05, 3.63) is 0 Å². The lowest BCUT2D eigenvalue weighted by Crippen LogP contribution is -2.45. The topological polar surface area (TPSA) is 23.5 Å². The van der Waals surface area contributed by atoms with Crippen molar-refractivity contribution in [3.63, 3.8) is 0 Å². The average molecular weight is 211 g/mol. The molecule has 0 aromatic heterocycles. The van der Waals surface area contributed by atoms with E-state index in [-0.39, 0.29) is 11.5 Å². The van der Waals surface area contributed by atoms with E-state index in [1.807, 2.05) is 0 Å². The second-order valence-electron chi connectivity index (χ2n) is 6.43. The number of likely N-dealkylation sites (tertiary alicyclic amines) is 1. The van der Waals surface area contributed by atoms with Gasteiger partial charge in [0.2, 0.25) is 0 Å². The molecule has 4 unspecified atom stereocenters. The van der Waals surface area contributed by atoms with Gasteiger partial charge in [0.25, 0.3) is 0 Å². The molecule has 88 valence electrons.